The number of nitrogens with zero attached hydrogens (tertiary/aromatic N) is 4. The summed E-state index contributed by atoms with van der Waals surface area (Å²) in [5, 5.41) is 12.0. The van der Waals surface area contributed by atoms with E-state index in [1.165, 1.54) is 0 Å². The number of anilines is 1. The van der Waals surface area contributed by atoms with Gasteiger partial charge in [0.25, 0.3) is 0 Å². The number of hydrogen-bond acceptors (Lipinski definition) is 7. The van der Waals surface area contributed by atoms with Gasteiger partial charge in [-0.3, -0.25) is 4.79 Å². The summed E-state index contributed by atoms with van der Waals surface area (Å²) in [5.41, 5.74) is 1.77. The number of amides is 1. The molecule has 2 aromatic heterocycles. The first kappa shape index (κ1) is 20.9. The lowest BCUT2D eigenvalue weighted by atomic mass is 10.1. The molecular formula is C23H27N5O3. The summed E-state index contributed by atoms with van der Waals surface area (Å²) in [7, 11) is 1.65. The molecule has 0 unspecified atom stereocenters. The Labute approximate surface area is 181 Å². The number of furan rings is 1. The van der Waals surface area contributed by atoms with Gasteiger partial charge in [0.1, 0.15) is 11.5 Å². The van der Waals surface area contributed by atoms with Gasteiger partial charge in [-0.05, 0) is 42.8 Å². The molecule has 1 amide bonds. The molecule has 0 bridgehead atoms. The Hall–Kier alpha value is -3.39. The lowest BCUT2D eigenvalue weighted by Gasteiger charge is -2.22. The largest absolute Gasteiger partial charge is 0.497 e. The Morgan fingerprint density at radius 1 is 1.10 bits per heavy atom. The van der Waals surface area contributed by atoms with Crippen LogP contribution in [0.1, 0.15) is 12.2 Å². The monoisotopic (exact) mass is 421 g/mol. The van der Waals surface area contributed by atoms with Crippen LogP contribution in [0.25, 0.3) is 11.3 Å². The van der Waals surface area contributed by atoms with Crippen molar-refractivity contribution < 1.29 is 13.9 Å². The van der Waals surface area contributed by atoms with Crippen molar-refractivity contribution in [3.8, 4) is 17.0 Å². The van der Waals surface area contributed by atoms with E-state index in [-0.39, 0.29) is 5.91 Å². The maximum atomic E-state index is 12.6. The minimum Gasteiger partial charge on any atom is -0.497 e. The molecule has 162 valence electrons. The van der Waals surface area contributed by atoms with Crippen molar-refractivity contribution in [2.24, 2.45) is 0 Å². The van der Waals surface area contributed by atoms with Gasteiger partial charge < -0.3 is 24.3 Å². The van der Waals surface area contributed by atoms with Crippen molar-refractivity contribution in [1.29, 1.82) is 0 Å². The molecule has 1 N–H and O–H groups in total. The van der Waals surface area contributed by atoms with Gasteiger partial charge in [0.05, 0.1) is 32.2 Å². The Morgan fingerprint density at radius 2 is 2.03 bits per heavy atom. The number of rotatable bonds is 7. The third kappa shape index (κ3) is 5.40. The normalized spacial score (nSPS) is 14.4. The second-order valence-corrected chi connectivity index (χ2v) is 7.41. The summed E-state index contributed by atoms with van der Waals surface area (Å²) < 4.78 is 10.6. The van der Waals surface area contributed by atoms with Crippen molar-refractivity contribution in [1.82, 2.24) is 20.4 Å². The molecule has 1 aliphatic rings. The maximum absolute atomic E-state index is 12.6. The third-order valence-corrected chi connectivity index (χ3v) is 5.34. The molecule has 1 aromatic carbocycles. The van der Waals surface area contributed by atoms with Gasteiger partial charge in [-0.1, -0.05) is 12.1 Å². The maximum Gasteiger partial charge on any atom is 0.236 e. The minimum atomic E-state index is 0.105. The number of nitrogens with one attached hydrogen (secondary N) is 1. The van der Waals surface area contributed by atoms with Gasteiger partial charge in [-0.25, -0.2) is 0 Å². The number of benzene rings is 1. The van der Waals surface area contributed by atoms with Crippen molar-refractivity contribution >= 4 is 11.7 Å². The molecule has 1 saturated heterocycles. The first-order valence-electron chi connectivity index (χ1n) is 10.5. The van der Waals surface area contributed by atoms with Gasteiger partial charge in [0.15, 0.2) is 5.82 Å². The van der Waals surface area contributed by atoms with Crippen LogP contribution in [0.15, 0.2) is 59.2 Å². The van der Waals surface area contributed by atoms with Gasteiger partial charge in [0, 0.05) is 31.7 Å². The zero-order valence-electron chi connectivity index (χ0n) is 17.7. The van der Waals surface area contributed by atoms with E-state index in [1.807, 2.05) is 53.4 Å². The Bertz CT molecular complexity index is 975. The molecule has 3 heterocycles. The van der Waals surface area contributed by atoms with E-state index in [1.54, 1.807) is 13.4 Å². The van der Waals surface area contributed by atoms with E-state index >= 15 is 0 Å². The molecule has 1 fully saturated rings. The highest BCUT2D eigenvalue weighted by atomic mass is 16.5. The predicted molar refractivity (Wildman–Crippen MR) is 118 cm³/mol. The highest BCUT2D eigenvalue weighted by Crippen LogP contribution is 2.23. The Balaban J connectivity index is 1.31. The minimum absolute atomic E-state index is 0.105. The van der Waals surface area contributed by atoms with Crippen LogP contribution in [0.2, 0.25) is 0 Å². The number of carbonyl (C=O) groups excluding carboxylic acids is 1. The number of carbonyl (C=O) groups is 1. The van der Waals surface area contributed by atoms with Gasteiger partial charge in [-0.15, -0.1) is 10.2 Å². The van der Waals surface area contributed by atoms with Crippen LogP contribution in [0.4, 0.5) is 5.82 Å². The Kier molecular flexibility index (Phi) is 6.78. The molecule has 1 aliphatic heterocycles. The summed E-state index contributed by atoms with van der Waals surface area (Å²) >= 11 is 0. The SMILES string of the molecule is COc1cccc(-c2ccc(N3CCCN(C(=O)CNCc4ccco4)CC3)nn2)c1. The van der Waals surface area contributed by atoms with Crippen molar-refractivity contribution in [2.45, 2.75) is 13.0 Å². The second-order valence-electron chi connectivity index (χ2n) is 7.41. The average molecular weight is 422 g/mol. The van der Waals surface area contributed by atoms with Gasteiger partial charge in [-0.2, -0.15) is 0 Å². The smallest absolute Gasteiger partial charge is 0.236 e. The first-order chi connectivity index (χ1) is 15.2. The van der Waals surface area contributed by atoms with Crippen LogP contribution in [0, 0.1) is 0 Å². The highest BCUT2D eigenvalue weighted by molar-refractivity contribution is 5.78. The van der Waals surface area contributed by atoms with E-state index in [4.69, 9.17) is 9.15 Å². The van der Waals surface area contributed by atoms with E-state index < -0.39 is 0 Å². The average Bonchev–Trinajstić information content (AvgIpc) is 3.21. The lowest BCUT2D eigenvalue weighted by Crippen LogP contribution is -2.40. The standard InChI is InChI=1S/C23H27N5O3/c1-30-19-6-2-5-18(15-19)21-8-9-22(26-25-21)27-10-4-11-28(13-12-27)23(29)17-24-16-20-7-3-14-31-20/h2-3,5-9,14-15,24H,4,10-13,16-17H2,1H3. The second kappa shape index (κ2) is 10.1. The number of hydrogen-bond donors (Lipinski definition) is 1. The summed E-state index contributed by atoms with van der Waals surface area (Å²) in [6.45, 7) is 3.84. The summed E-state index contributed by atoms with van der Waals surface area (Å²) in [5.74, 6) is 2.55. The third-order valence-electron chi connectivity index (χ3n) is 5.34. The van der Waals surface area contributed by atoms with Crippen molar-refractivity contribution in [3.63, 3.8) is 0 Å². The molecular weight excluding hydrogens is 394 g/mol. The van der Waals surface area contributed by atoms with Crippen LogP contribution in [-0.2, 0) is 11.3 Å². The molecule has 3 aromatic rings. The molecule has 8 heteroatoms. The molecule has 0 spiro atoms. The number of aromatic nitrogens is 2. The topological polar surface area (TPSA) is 83.7 Å². The summed E-state index contributed by atoms with van der Waals surface area (Å²) in [6.07, 6.45) is 2.53. The van der Waals surface area contributed by atoms with Crippen LogP contribution in [0.5, 0.6) is 5.75 Å². The van der Waals surface area contributed by atoms with Crippen molar-refractivity contribution in [2.75, 3.05) is 44.7 Å². The van der Waals surface area contributed by atoms with Gasteiger partial charge in [0.2, 0.25) is 5.91 Å². The van der Waals surface area contributed by atoms with Crippen molar-refractivity contribution in [3.05, 3.63) is 60.6 Å². The van der Waals surface area contributed by atoms with Gasteiger partial charge >= 0.3 is 0 Å². The van der Waals surface area contributed by atoms with E-state index in [9.17, 15) is 4.79 Å². The predicted octanol–water partition coefficient (Wildman–Crippen LogP) is 2.57. The lowest BCUT2D eigenvalue weighted by molar-refractivity contribution is -0.130. The number of methoxy groups -OCH3 is 1. The molecule has 31 heavy (non-hydrogen) atoms. The molecule has 0 aliphatic carbocycles. The van der Waals surface area contributed by atoms with Crippen LogP contribution >= 0.6 is 0 Å². The van der Waals surface area contributed by atoms with E-state index in [0.29, 0.717) is 19.6 Å². The zero-order chi connectivity index (χ0) is 21.5. The summed E-state index contributed by atoms with van der Waals surface area (Å²) in [6, 6.07) is 15.5. The first-order valence-corrected chi connectivity index (χ1v) is 10.5. The molecule has 0 atom stereocenters. The van der Waals surface area contributed by atoms with Crippen LogP contribution < -0.4 is 15.0 Å². The molecule has 4 rings (SSSR count). The number of ether oxygens (including phenoxy) is 1. The Morgan fingerprint density at radius 3 is 2.81 bits per heavy atom. The van der Waals surface area contributed by atoms with Crippen LogP contribution in [-0.4, -0.2) is 60.8 Å². The van der Waals surface area contributed by atoms with E-state index in [2.05, 4.69) is 20.4 Å². The molecule has 0 saturated carbocycles. The quantitative estimate of drug-likeness (QED) is 0.628. The molecule has 8 nitrogen and oxygen atoms in total. The fourth-order valence-electron chi connectivity index (χ4n) is 3.64. The van der Waals surface area contributed by atoms with E-state index in [0.717, 1.165) is 54.6 Å². The highest BCUT2D eigenvalue weighted by Gasteiger charge is 2.20. The van der Waals surface area contributed by atoms with Crippen LogP contribution in [0.3, 0.4) is 0 Å². The molecule has 0 radical (unpaired) electrons. The summed E-state index contributed by atoms with van der Waals surface area (Å²) in [4.78, 5) is 16.6. The fourth-order valence-corrected chi connectivity index (χ4v) is 3.64. The zero-order valence-corrected chi connectivity index (χ0v) is 17.7. The fraction of sp³-hybridized carbons (Fsp3) is 0.348.